The van der Waals surface area contributed by atoms with Crippen LogP contribution in [0.1, 0.15) is 11.1 Å². The molecule has 0 saturated heterocycles. The Morgan fingerprint density at radius 3 is 1.95 bits per heavy atom. The summed E-state index contributed by atoms with van der Waals surface area (Å²) < 4.78 is 5.08. The van der Waals surface area contributed by atoms with Crippen LogP contribution in [0.25, 0.3) is 0 Å². The van der Waals surface area contributed by atoms with Gasteiger partial charge in [-0.05, 0) is 11.1 Å². The summed E-state index contributed by atoms with van der Waals surface area (Å²) in [7, 11) is 0. The molecule has 0 spiro atoms. The maximum absolute atomic E-state index is 12.2. The Bertz CT molecular complexity index is 642. The van der Waals surface area contributed by atoms with E-state index in [-0.39, 0.29) is 13.0 Å². The third-order valence-corrected chi connectivity index (χ3v) is 3.28. The third-order valence-electron chi connectivity index (χ3n) is 3.28. The quantitative estimate of drug-likeness (QED) is 0.626. The highest BCUT2D eigenvalue weighted by Gasteiger charge is 2.44. The van der Waals surface area contributed by atoms with Gasteiger partial charge in [0.25, 0.3) is 0 Å². The lowest BCUT2D eigenvalue weighted by molar-refractivity contribution is -0.161. The molecule has 2 aromatic rings. The first-order valence-electron chi connectivity index (χ1n) is 6.80. The van der Waals surface area contributed by atoms with Crippen molar-refractivity contribution in [3.63, 3.8) is 0 Å². The predicted molar refractivity (Wildman–Crippen MR) is 80.9 cm³/mol. The molecule has 22 heavy (non-hydrogen) atoms. The zero-order chi connectivity index (χ0) is 16.0. The van der Waals surface area contributed by atoms with Crippen molar-refractivity contribution in [2.75, 3.05) is 0 Å². The molecule has 0 saturated carbocycles. The highest BCUT2D eigenvalue weighted by Crippen LogP contribution is 2.15. The first-order chi connectivity index (χ1) is 10.5. The number of ether oxygens (including phenoxy) is 1. The van der Waals surface area contributed by atoms with Crippen molar-refractivity contribution in [2.45, 2.75) is 18.6 Å². The zero-order valence-corrected chi connectivity index (χ0v) is 11.9. The molecule has 0 aliphatic rings. The second-order valence-corrected chi connectivity index (χ2v) is 5.00. The van der Waals surface area contributed by atoms with Crippen LogP contribution in [0.3, 0.4) is 0 Å². The van der Waals surface area contributed by atoms with Crippen molar-refractivity contribution in [3.8, 4) is 0 Å². The van der Waals surface area contributed by atoms with Crippen molar-refractivity contribution in [3.05, 3.63) is 71.8 Å². The van der Waals surface area contributed by atoms with Crippen LogP contribution in [0.4, 0.5) is 0 Å². The highest BCUT2D eigenvalue weighted by molar-refractivity contribution is 6.04. The highest BCUT2D eigenvalue weighted by atomic mass is 16.5. The Kier molecular flexibility index (Phi) is 4.91. The van der Waals surface area contributed by atoms with Gasteiger partial charge in [0.15, 0.2) is 0 Å². The van der Waals surface area contributed by atoms with Gasteiger partial charge < -0.3 is 15.6 Å². The SMILES string of the molecule is N[C@](Cc1ccccc1)(C(=O)O)C(=O)OCc1ccccc1. The van der Waals surface area contributed by atoms with Gasteiger partial charge in [-0.1, -0.05) is 60.7 Å². The van der Waals surface area contributed by atoms with E-state index in [1.807, 2.05) is 6.07 Å². The topological polar surface area (TPSA) is 89.6 Å². The fourth-order valence-corrected chi connectivity index (χ4v) is 2.00. The van der Waals surface area contributed by atoms with Gasteiger partial charge in [0.05, 0.1) is 0 Å². The molecule has 0 aliphatic carbocycles. The van der Waals surface area contributed by atoms with Crippen LogP contribution in [0, 0.1) is 0 Å². The molecule has 2 rings (SSSR count). The molecule has 0 radical (unpaired) electrons. The van der Waals surface area contributed by atoms with Crippen molar-refractivity contribution in [1.82, 2.24) is 0 Å². The molecule has 5 nitrogen and oxygen atoms in total. The second-order valence-electron chi connectivity index (χ2n) is 5.00. The predicted octanol–water partition coefficient (Wildman–Crippen LogP) is 1.75. The third kappa shape index (κ3) is 3.71. The summed E-state index contributed by atoms with van der Waals surface area (Å²) in [6.07, 6.45) is -0.128. The number of rotatable bonds is 6. The zero-order valence-electron chi connectivity index (χ0n) is 11.9. The van der Waals surface area contributed by atoms with E-state index in [1.54, 1.807) is 54.6 Å². The summed E-state index contributed by atoms with van der Waals surface area (Å²) in [4.78, 5) is 23.6. The van der Waals surface area contributed by atoms with E-state index in [0.29, 0.717) is 5.56 Å². The molecule has 0 fully saturated rings. The van der Waals surface area contributed by atoms with Gasteiger partial charge in [0.1, 0.15) is 6.61 Å². The Morgan fingerprint density at radius 1 is 0.955 bits per heavy atom. The first-order valence-corrected chi connectivity index (χ1v) is 6.80. The van der Waals surface area contributed by atoms with Crippen LogP contribution in [0.5, 0.6) is 0 Å². The lowest BCUT2D eigenvalue weighted by Gasteiger charge is -2.22. The summed E-state index contributed by atoms with van der Waals surface area (Å²) in [5.41, 5.74) is 5.13. The lowest BCUT2D eigenvalue weighted by Crippen LogP contribution is -2.57. The van der Waals surface area contributed by atoms with Crippen LogP contribution >= 0.6 is 0 Å². The molecule has 0 bridgehead atoms. The second kappa shape index (κ2) is 6.87. The van der Waals surface area contributed by atoms with Crippen LogP contribution in [0.15, 0.2) is 60.7 Å². The van der Waals surface area contributed by atoms with Crippen LogP contribution in [-0.4, -0.2) is 22.6 Å². The minimum absolute atomic E-state index is 0.0132. The standard InChI is InChI=1S/C17H17NO4/c18-17(15(19)20,11-13-7-3-1-4-8-13)16(21)22-12-14-9-5-2-6-10-14/h1-10H,11-12,18H2,(H,19,20)/t17-/m1/s1. The summed E-state index contributed by atoms with van der Waals surface area (Å²) in [6.45, 7) is -0.0132. The molecule has 0 heterocycles. The molecular formula is C17H17NO4. The smallest absolute Gasteiger partial charge is 0.338 e. The molecule has 114 valence electrons. The first kappa shape index (κ1) is 15.7. The Labute approximate surface area is 128 Å². The number of hydrogen-bond acceptors (Lipinski definition) is 4. The Morgan fingerprint density at radius 2 is 1.45 bits per heavy atom. The molecular weight excluding hydrogens is 282 g/mol. The molecule has 3 N–H and O–H groups in total. The van der Waals surface area contributed by atoms with Gasteiger partial charge in [0, 0.05) is 6.42 Å². The number of carbonyl (C=O) groups excluding carboxylic acids is 1. The minimum atomic E-state index is -2.10. The molecule has 0 aromatic heterocycles. The monoisotopic (exact) mass is 299 g/mol. The summed E-state index contributed by atoms with van der Waals surface area (Å²) in [5, 5.41) is 9.34. The van der Waals surface area contributed by atoms with Gasteiger partial charge >= 0.3 is 11.9 Å². The number of benzene rings is 2. The van der Waals surface area contributed by atoms with Gasteiger partial charge in [-0.2, -0.15) is 0 Å². The Balaban J connectivity index is 2.09. The maximum atomic E-state index is 12.2. The van der Waals surface area contributed by atoms with E-state index in [2.05, 4.69) is 0 Å². The maximum Gasteiger partial charge on any atom is 0.338 e. The van der Waals surface area contributed by atoms with Crippen molar-refractivity contribution >= 4 is 11.9 Å². The summed E-state index contributed by atoms with van der Waals surface area (Å²) in [6, 6.07) is 17.8. The average molecular weight is 299 g/mol. The summed E-state index contributed by atoms with van der Waals surface area (Å²) in [5.74, 6) is -2.36. The number of hydrogen-bond donors (Lipinski definition) is 2. The summed E-state index contributed by atoms with van der Waals surface area (Å²) >= 11 is 0. The van der Waals surface area contributed by atoms with E-state index in [1.165, 1.54) is 0 Å². The van der Waals surface area contributed by atoms with E-state index < -0.39 is 17.5 Å². The molecule has 2 aromatic carbocycles. The molecule has 0 aliphatic heterocycles. The number of aliphatic carboxylic acids is 1. The van der Waals surface area contributed by atoms with Gasteiger partial charge in [-0.15, -0.1) is 0 Å². The molecule has 0 amide bonds. The van der Waals surface area contributed by atoms with Crippen molar-refractivity contribution < 1.29 is 19.4 Å². The van der Waals surface area contributed by atoms with Crippen molar-refractivity contribution in [1.29, 1.82) is 0 Å². The normalized spacial score (nSPS) is 13.1. The molecule has 1 atom stereocenters. The van der Waals surface area contributed by atoms with Crippen LogP contribution < -0.4 is 5.73 Å². The van der Waals surface area contributed by atoms with Crippen molar-refractivity contribution in [2.24, 2.45) is 5.73 Å². The van der Waals surface area contributed by atoms with Gasteiger partial charge in [-0.3, -0.25) is 0 Å². The van der Waals surface area contributed by atoms with E-state index in [4.69, 9.17) is 10.5 Å². The fraction of sp³-hybridized carbons (Fsp3) is 0.176. The minimum Gasteiger partial charge on any atom is -0.479 e. The molecule has 0 unspecified atom stereocenters. The fourth-order valence-electron chi connectivity index (χ4n) is 2.00. The average Bonchev–Trinajstić information content (AvgIpc) is 2.54. The Hall–Kier alpha value is -2.66. The molecule has 5 heteroatoms. The number of esters is 1. The van der Waals surface area contributed by atoms with Gasteiger partial charge in [-0.25, -0.2) is 9.59 Å². The van der Waals surface area contributed by atoms with Gasteiger partial charge in [0.2, 0.25) is 5.54 Å². The lowest BCUT2D eigenvalue weighted by atomic mass is 9.92. The van der Waals surface area contributed by atoms with Crippen LogP contribution in [0.2, 0.25) is 0 Å². The number of nitrogens with two attached hydrogens (primary N) is 1. The number of carboxylic acid groups (broad SMARTS) is 1. The number of carbonyl (C=O) groups is 2. The largest absolute Gasteiger partial charge is 0.479 e. The van der Waals surface area contributed by atoms with E-state index in [9.17, 15) is 14.7 Å². The van der Waals surface area contributed by atoms with Crippen LogP contribution in [-0.2, 0) is 27.4 Å². The van der Waals surface area contributed by atoms with E-state index >= 15 is 0 Å². The van der Waals surface area contributed by atoms with E-state index in [0.717, 1.165) is 5.56 Å². The number of carboxylic acids is 1.